The number of nitrogens with two attached hydrogens (primary N) is 1. The van der Waals surface area contributed by atoms with Crippen molar-refractivity contribution in [3.63, 3.8) is 0 Å². The molecule has 1 unspecified atom stereocenters. The monoisotopic (exact) mass is 333 g/mol. The van der Waals surface area contributed by atoms with Crippen LogP contribution >= 0.6 is 38.9 Å². The normalized spacial score (nSPS) is 12.7. The Morgan fingerprint density at radius 1 is 1.35 bits per heavy atom. The Morgan fingerprint density at radius 3 is 2.76 bits per heavy atom. The molecule has 1 atom stereocenters. The first-order valence-electron chi connectivity index (χ1n) is 5.01. The van der Waals surface area contributed by atoms with Crippen LogP contribution in [0.4, 0.5) is 4.39 Å². The van der Waals surface area contributed by atoms with E-state index in [-0.39, 0.29) is 11.9 Å². The first-order chi connectivity index (χ1) is 8.08. The molecule has 0 saturated carbocycles. The molecule has 0 bridgehead atoms. The van der Waals surface area contributed by atoms with Crippen LogP contribution in [0.5, 0.6) is 0 Å². The Kier molecular flexibility index (Phi) is 4.20. The van der Waals surface area contributed by atoms with E-state index in [1.807, 2.05) is 18.2 Å². The van der Waals surface area contributed by atoms with Crippen LogP contribution in [-0.2, 0) is 6.42 Å². The Bertz CT molecular complexity index is 529. The molecule has 0 amide bonds. The number of thiophene rings is 1. The van der Waals surface area contributed by atoms with E-state index in [2.05, 4.69) is 15.9 Å². The zero-order valence-corrected chi connectivity index (χ0v) is 11.9. The van der Waals surface area contributed by atoms with Crippen molar-refractivity contribution in [2.24, 2.45) is 5.73 Å². The number of hydrogen-bond donors (Lipinski definition) is 1. The van der Waals surface area contributed by atoms with E-state index >= 15 is 0 Å². The third kappa shape index (κ3) is 3.07. The second-order valence-corrected chi connectivity index (χ2v) is 6.25. The van der Waals surface area contributed by atoms with Crippen LogP contribution in [0.15, 0.2) is 34.8 Å². The number of rotatable bonds is 3. The van der Waals surface area contributed by atoms with E-state index in [1.165, 1.54) is 17.4 Å². The van der Waals surface area contributed by atoms with E-state index in [1.54, 1.807) is 6.07 Å². The van der Waals surface area contributed by atoms with E-state index in [4.69, 9.17) is 17.3 Å². The summed E-state index contributed by atoms with van der Waals surface area (Å²) in [7, 11) is 0. The van der Waals surface area contributed by atoms with Gasteiger partial charge in [0, 0.05) is 17.3 Å². The predicted molar refractivity (Wildman–Crippen MR) is 74.1 cm³/mol. The van der Waals surface area contributed by atoms with Crippen molar-refractivity contribution in [3.8, 4) is 0 Å². The molecule has 2 aromatic rings. The highest BCUT2D eigenvalue weighted by atomic mass is 79.9. The van der Waals surface area contributed by atoms with Gasteiger partial charge < -0.3 is 5.73 Å². The Hall–Kier alpha value is -0.420. The molecule has 0 aliphatic rings. The molecule has 1 aromatic carbocycles. The molecule has 0 spiro atoms. The van der Waals surface area contributed by atoms with Crippen molar-refractivity contribution in [2.45, 2.75) is 12.5 Å². The highest BCUT2D eigenvalue weighted by molar-refractivity contribution is 9.10. The summed E-state index contributed by atoms with van der Waals surface area (Å²) in [6, 6.07) is 8.44. The summed E-state index contributed by atoms with van der Waals surface area (Å²) in [5, 5.41) is 0. The van der Waals surface area contributed by atoms with Gasteiger partial charge in [-0.1, -0.05) is 23.7 Å². The van der Waals surface area contributed by atoms with Crippen LogP contribution < -0.4 is 5.73 Å². The van der Waals surface area contributed by atoms with Crippen molar-refractivity contribution in [3.05, 3.63) is 55.4 Å². The lowest BCUT2D eigenvalue weighted by Gasteiger charge is -2.13. The fourth-order valence-electron chi connectivity index (χ4n) is 1.59. The lowest BCUT2D eigenvalue weighted by Crippen LogP contribution is -2.13. The molecule has 0 saturated heterocycles. The maximum Gasteiger partial charge on any atom is 0.137 e. The Labute approximate surface area is 117 Å². The molecule has 5 heteroatoms. The summed E-state index contributed by atoms with van der Waals surface area (Å²) in [6.07, 6.45) is 0.652. The molecule has 90 valence electrons. The number of hydrogen-bond acceptors (Lipinski definition) is 2. The zero-order chi connectivity index (χ0) is 12.4. The van der Waals surface area contributed by atoms with Crippen molar-refractivity contribution in [1.82, 2.24) is 0 Å². The molecule has 17 heavy (non-hydrogen) atoms. The van der Waals surface area contributed by atoms with Crippen molar-refractivity contribution in [2.75, 3.05) is 0 Å². The van der Waals surface area contributed by atoms with Gasteiger partial charge in [-0.3, -0.25) is 0 Å². The lowest BCUT2D eigenvalue weighted by atomic mass is 10.0. The molecule has 1 heterocycles. The van der Waals surface area contributed by atoms with Crippen LogP contribution in [0, 0.1) is 5.82 Å². The Morgan fingerprint density at radius 2 is 2.12 bits per heavy atom. The minimum atomic E-state index is -0.290. The van der Waals surface area contributed by atoms with Crippen LogP contribution in [0.25, 0.3) is 0 Å². The Balaban J connectivity index is 2.20. The average molecular weight is 335 g/mol. The van der Waals surface area contributed by atoms with Gasteiger partial charge in [0.05, 0.1) is 8.81 Å². The van der Waals surface area contributed by atoms with Crippen LogP contribution in [-0.4, -0.2) is 0 Å². The lowest BCUT2D eigenvalue weighted by molar-refractivity contribution is 0.610. The third-order valence-corrected chi connectivity index (χ3v) is 4.52. The van der Waals surface area contributed by atoms with E-state index in [0.29, 0.717) is 10.9 Å². The van der Waals surface area contributed by atoms with Gasteiger partial charge in [-0.05, 0) is 39.7 Å². The summed E-state index contributed by atoms with van der Waals surface area (Å²) in [5.41, 5.74) is 6.85. The third-order valence-electron chi connectivity index (χ3n) is 2.43. The topological polar surface area (TPSA) is 26.0 Å². The largest absolute Gasteiger partial charge is 0.324 e. The summed E-state index contributed by atoms with van der Waals surface area (Å²) in [4.78, 5) is 1.10. The SMILES string of the molecule is NC(Cc1ccc(Cl)s1)c1cccc(F)c1Br. The standard InChI is InChI=1S/C12H10BrClFNS/c13-12-8(2-1-3-9(12)15)10(16)6-7-4-5-11(14)17-7/h1-5,10H,6,16H2. The molecule has 1 nitrogen and oxygen atoms in total. The van der Waals surface area contributed by atoms with Crippen molar-refractivity contribution in [1.29, 1.82) is 0 Å². The van der Waals surface area contributed by atoms with E-state index in [9.17, 15) is 4.39 Å². The van der Waals surface area contributed by atoms with Crippen molar-refractivity contribution >= 4 is 38.9 Å². The molecular weight excluding hydrogens is 325 g/mol. The molecule has 0 aliphatic heterocycles. The molecule has 0 fully saturated rings. The van der Waals surface area contributed by atoms with Crippen LogP contribution in [0.1, 0.15) is 16.5 Å². The first kappa shape index (κ1) is 13.0. The van der Waals surface area contributed by atoms with Crippen LogP contribution in [0.2, 0.25) is 4.34 Å². The molecule has 2 N–H and O–H groups in total. The van der Waals surface area contributed by atoms with Crippen LogP contribution in [0.3, 0.4) is 0 Å². The van der Waals surface area contributed by atoms with Gasteiger partial charge in [0.15, 0.2) is 0 Å². The highest BCUT2D eigenvalue weighted by Crippen LogP contribution is 2.29. The smallest absolute Gasteiger partial charge is 0.137 e. The van der Waals surface area contributed by atoms with Crippen molar-refractivity contribution < 1.29 is 4.39 Å². The second-order valence-electron chi connectivity index (χ2n) is 3.66. The molecule has 1 aromatic heterocycles. The van der Waals surface area contributed by atoms with Gasteiger partial charge in [-0.25, -0.2) is 4.39 Å². The minimum Gasteiger partial charge on any atom is -0.324 e. The summed E-state index contributed by atoms with van der Waals surface area (Å²) in [5.74, 6) is -0.290. The predicted octanol–water partition coefficient (Wildman–Crippen LogP) is 4.55. The van der Waals surface area contributed by atoms with Gasteiger partial charge in [-0.15, -0.1) is 11.3 Å². The average Bonchev–Trinajstić information content (AvgIpc) is 2.68. The molecule has 0 aliphatic carbocycles. The number of halogens is 3. The van der Waals surface area contributed by atoms with Gasteiger partial charge in [0.25, 0.3) is 0 Å². The first-order valence-corrected chi connectivity index (χ1v) is 7.00. The zero-order valence-electron chi connectivity index (χ0n) is 8.79. The van der Waals surface area contributed by atoms with E-state index in [0.717, 1.165) is 14.8 Å². The molecular formula is C12H10BrClFNS. The fourth-order valence-corrected chi connectivity index (χ4v) is 3.30. The maximum absolute atomic E-state index is 13.4. The molecule has 2 rings (SSSR count). The maximum atomic E-state index is 13.4. The fraction of sp³-hybridized carbons (Fsp3) is 0.167. The highest BCUT2D eigenvalue weighted by Gasteiger charge is 2.14. The molecule has 0 radical (unpaired) electrons. The van der Waals surface area contributed by atoms with Gasteiger partial charge in [0.2, 0.25) is 0 Å². The van der Waals surface area contributed by atoms with Gasteiger partial charge in [-0.2, -0.15) is 0 Å². The van der Waals surface area contributed by atoms with Gasteiger partial charge >= 0.3 is 0 Å². The second kappa shape index (κ2) is 5.48. The van der Waals surface area contributed by atoms with E-state index < -0.39 is 0 Å². The number of benzene rings is 1. The quantitative estimate of drug-likeness (QED) is 0.876. The summed E-state index contributed by atoms with van der Waals surface area (Å²) in [6.45, 7) is 0. The minimum absolute atomic E-state index is 0.241. The summed E-state index contributed by atoms with van der Waals surface area (Å²) < 4.78 is 14.5. The summed E-state index contributed by atoms with van der Waals surface area (Å²) >= 11 is 10.6. The van der Waals surface area contributed by atoms with Gasteiger partial charge in [0.1, 0.15) is 5.82 Å².